The van der Waals surface area contributed by atoms with Gasteiger partial charge in [-0.3, -0.25) is 0 Å². The first kappa shape index (κ1) is 10.3. The molecule has 0 aromatic carbocycles. The summed E-state index contributed by atoms with van der Waals surface area (Å²) in [6.45, 7) is 1.88. The number of nitrogens with one attached hydrogen (secondary N) is 1. The third-order valence-corrected chi connectivity index (χ3v) is 2.52. The molecule has 0 aliphatic carbocycles. The van der Waals surface area contributed by atoms with E-state index in [4.69, 9.17) is 0 Å². The molecule has 4 heteroatoms. The molecule has 13 heavy (non-hydrogen) atoms. The SMILES string of the molecule is CNCCCC1CCN1C(=O)OC. The molecule has 1 saturated heterocycles. The van der Waals surface area contributed by atoms with E-state index in [1.54, 1.807) is 4.90 Å². The van der Waals surface area contributed by atoms with Gasteiger partial charge in [-0.05, 0) is 32.9 Å². The lowest BCUT2D eigenvalue weighted by molar-refractivity contribution is 0.0574. The Hall–Kier alpha value is -0.770. The minimum Gasteiger partial charge on any atom is -0.453 e. The van der Waals surface area contributed by atoms with Crippen molar-refractivity contribution >= 4 is 6.09 Å². The van der Waals surface area contributed by atoms with Gasteiger partial charge in [0.05, 0.1) is 7.11 Å². The van der Waals surface area contributed by atoms with Gasteiger partial charge in [0.2, 0.25) is 0 Å². The maximum Gasteiger partial charge on any atom is 0.409 e. The van der Waals surface area contributed by atoms with E-state index in [1.165, 1.54) is 7.11 Å². The van der Waals surface area contributed by atoms with Gasteiger partial charge in [0.25, 0.3) is 0 Å². The molecule has 1 aliphatic heterocycles. The van der Waals surface area contributed by atoms with Gasteiger partial charge >= 0.3 is 6.09 Å². The molecule has 0 bridgehead atoms. The van der Waals surface area contributed by atoms with E-state index in [-0.39, 0.29) is 6.09 Å². The summed E-state index contributed by atoms with van der Waals surface area (Å²) in [7, 11) is 3.38. The minimum absolute atomic E-state index is 0.180. The van der Waals surface area contributed by atoms with Crippen molar-refractivity contribution in [3.8, 4) is 0 Å². The predicted octanol–water partition coefficient (Wildman–Crippen LogP) is 0.827. The zero-order chi connectivity index (χ0) is 9.68. The number of nitrogens with zero attached hydrogens (tertiary/aromatic N) is 1. The van der Waals surface area contributed by atoms with E-state index < -0.39 is 0 Å². The molecular formula is C9H18N2O2. The van der Waals surface area contributed by atoms with Crippen LogP contribution < -0.4 is 5.32 Å². The smallest absolute Gasteiger partial charge is 0.409 e. The van der Waals surface area contributed by atoms with Gasteiger partial charge in [-0.25, -0.2) is 4.79 Å². The molecule has 1 aliphatic rings. The average Bonchev–Trinajstić information content (AvgIpc) is 2.10. The van der Waals surface area contributed by atoms with Crippen LogP contribution in [0.4, 0.5) is 4.79 Å². The van der Waals surface area contributed by atoms with E-state index in [2.05, 4.69) is 10.1 Å². The molecule has 1 amide bonds. The highest BCUT2D eigenvalue weighted by Crippen LogP contribution is 2.22. The minimum atomic E-state index is -0.180. The molecule has 0 radical (unpaired) electrons. The predicted molar refractivity (Wildman–Crippen MR) is 50.7 cm³/mol. The number of ether oxygens (including phenoxy) is 1. The van der Waals surface area contributed by atoms with Crippen molar-refractivity contribution in [3.05, 3.63) is 0 Å². The number of carbonyl (C=O) groups excluding carboxylic acids is 1. The van der Waals surface area contributed by atoms with Crippen LogP contribution in [0.25, 0.3) is 0 Å². The van der Waals surface area contributed by atoms with Crippen molar-refractivity contribution in [2.24, 2.45) is 0 Å². The summed E-state index contributed by atoms with van der Waals surface area (Å²) < 4.78 is 4.66. The molecule has 1 N–H and O–H groups in total. The highest BCUT2D eigenvalue weighted by molar-refractivity contribution is 5.68. The summed E-state index contributed by atoms with van der Waals surface area (Å²) in [5, 5.41) is 3.09. The molecule has 1 rings (SSSR count). The Labute approximate surface area is 79.2 Å². The van der Waals surface area contributed by atoms with E-state index in [0.29, 0.717) is 6.04 Å². The van der Waals surface area contributed by atoms with Gasteiger partial charge < -0.3 is 15.0 Å². The zero-order valence-electron chi connectivity index (χ0n) is 8.38. The van der Waals surface area contributed by atoms with Crippen LogP contribution >= 0.6 is 0 Å². The van der Waals surface area contributed by atoms with Crippen molar-refractivity contribution in [3.63, 3.8) is 0 Å². The fraction of sp³-hybridized carbons (Fsp3) is 0.889. The van der Waals surface area contributed by atoms with Gasteiger partial charge in [-0.1, -0.05) is 0 Å². The molecule has 1 unspecified atom stereocenters. The molecule has 1 heterocycles. The third kappa shape index (κ3) is 2.59. The van der Waals surface area contributed by atoms with Crippen molar-refractivity contribution in [1.29, 1.82) is 0 Å². The quantitative estimate of drug-likeness (QED) is 0.661. The topological polar surface area (TPSA) is 41.6 Å². The maximum absolute atomic E-state index is 11.1. The molecule has 1 atom stereocenters. The van der Waals surface area contributed by atoms with E-state index >= 15 is 0 Å². The van der Waals surface area contributed by atoms with Gasteiger partial charge in [-0.15, -0.1) is 0 Å². The van der Waals surface area contributed by atoms with Gasteiger partial charge in [0.15, 0.2) is 0 Å². The van der Waals surface area contributed by atoms with Crippen molar-refractivity contribution in [1.82, 2.24) is 10.2 Å². The van der Waals surface area contributed by atoms with Crippen molar-refractivity contribution in [2.45, 2.75) is 25.3 Å². The summed E-state index contributed by atoms with van der Waals surface area (Å²) in [4.78, 5) is 12.9. The molecule has 76 valence electrons. The Morgan fingerprint density at radius 3 is 2.92 bits per heavy atom. The highest BCUT2D eigenvalue weighted by Gasteiger charge is 2.31. The molecule has 0 aromatic rings. The second-order valence-electron chi connectivity index (χ2n) is 3.35. The lowest BCUT2D eigenvalue weighted by atomic mass is 9.99. The third-order valence-electron chi connectivity index (χ3n) is 2.52. The number of likely N-dealkylation sites (tertiary alicyclic amines) is 1. The molecule has 0 saturated carbocycles. The summed E-state index contributed by atoms with van der Waals surface area (Å²) in [5.41, 5.74) is 0. The van der Waals surface area contributed by atoms with Gasteiger partial charge in [0, 0.05) is 12.6 Å². The lowest BCUT2D eigenvalue weighted by Gasteiger charge is -2.39. The Morgan fingerprint density at radius 1 is 1.69 bits per heavy atom. The van der Waals surface area contributed by atoms with Crippen LogP contribution in [0.5, 0.6) is 0 Å². The van der Waals surface area contributed by atoms with Crippen molar-refractivity contribution < 1.29 is 9.53 Å². The van der Waals surface area contributed by atoms with E-state index in [1.807, 2.05) is 7.05 Å². The number of carbonyl (C=O) groups is 1. The Morgan fingerprint density at radius 2 is 2.46 bits per heavy atom. The van der Waals surface area contributed by atoms with Crippen LogP contribution in [-0.2, 0) is 4.74 Å². The molecule has 0 spiro atoms. The van der Waals surface area contributed by atoms with Crippen LogP contribution in [0.15, 0.2) is 0 Å². The van der Waals surface area contributed by atoms with Crippen LogP contribution in [0.2, 0.25) is 0 Å². The lowest BCUT2D eigenvalue weighted by Crippen LogP contribution is -2.51. The second-order valence-corrected chi connectivity index (χ2v) is 3.35. The summed E-state index contributed by atoms with van der Waals surface area (Å²) in [6.07, 6.45) is 3.14. The fourth-order valence-corrected chi connectivity index (χ4v) is 1.61. The first-order chi connectivity index (χ1) is 6.29. The zero-order valence-corrected chi connectivity index (χ0v) is 8.38. The Balaban J connectivity index is 2.17. The molecular weight excluding hydrogens is 168 g/mol. The number of hydrogen-bond donors (Lipinski definition) is 1. The van der Waals surface area contributed by atoms with E-state index in [9.17, 15) is 4.79 Å². The summed E-state index contributed by atoms with van der Waals surface area (Å²) >= 11 is 0. The number of rotatable bonds is 4. The number of methoxy groups -OCH3 is 1. The maximum atomic E-state index is 11.1. The Bertz CT molecular complexity index is 173. The molecule has 1 fully saturated rings. The van der Waals surface area contributed by atoms with Crippen LogP contribution in [0.1, 0.15) is 19.3 Å². The largest absolute Gasteiger partial charge is 0.453 e. The van der Waals surface area contributed by atoms with Crippen LogP contribution in [-0.4, -0.2) is 44.3 Å². The van der Waals surface area contributed by atoms with Crippen LogP contribution in [0, 0.1) is 0 Å². The summed E-state index contributed by atoms with van der Waals surface area (Å²) in [5.74, 6) is 0. The monoisotopic (exact) mass is 186 g/mol. The number of hydrogen-bond acceptors (Lipinski definition) is 3. The number of amides is 1. The van der Waals surface area contributed by atoms with Crippen LogP contribution in [0.3, 0.4) is 0 Å². The molecule has 0 aromatic heterocycles. The Kier molecular flexibility index (Phi) is 4.02. The van der Waals surface area contributed by atoms with E-state index in [0.717, 1.165) is 32.4 Å². The van der Waals surface area contributed by atoms with Crippen molar-refractivity contribution in [2.75, 3.05) is 27.2 Å². The molecule has 4 nitrogen and oxygen atoms in total. The first-order valence-corrected chi connectivity index (χ1v) is 4.78. The highest BCUT2D eigenvalue weighted by atomic mass is 16.5. The average molecular weight is 186 g/mol. The first-order valence-electron chi connectivity index (χ1n) is 4.78. The normalized spacial score (nSPS) is 21.1. The van der Waals surface area contributed by atoms with Gasteiger partial charge in [0.1, 0.15) is 0 Å². The van der Waals surface area contributed by atoms with Gasteiger partial charge in [-0.2, -0.15) is 0 Å². The summed E-state index contributed by atoms with van der Waals surface area (Å²) in [6, 6.07) is 0.417. The fourth-order valence-electron chi connectivity index (χ4n) is 1.61. The second kappa shape index (κ2) is 5.07. The standard InChI is InChI=1S/C9H18N2O2/c1-10-6-3-4-8-5-7-11(8)9(12)13-2/h8,10H,3-7H2,1-2H3.